The van der Waals surface area contributed by atoms with Gasteiger partial charge in [0.2, 0.25) is 6.79 Å². The van der Waals surface area contributed by atoms with Crippen LogP contribution < -0.4 is 20.1 Å². The van der Waals surface area contributed by atoms with Gasteiger partial charge in [-0.25, -0.2) is 4.99 Å². The molecule has 1 aliphatic heterocycles. The Morgan fingerprint density at radius 3 is 2.83 bits per heavy atom. The lowest BCUT2D eigenvalue weighted by Crippen LogP contribution is -2.45. The fourth-order valence-electron chi connectivity index (χ4n) is 3.02. The minimum atomic E-state index is -0.145. The molecule has 0 atom stereocenters. The van der Waals surface area contributed by atoms with Crippen LogP contribution in [0, 0.1) is 0 Å². The molecule has 0 amide bonds. The molecular formula is C17H24BrN3O3. The predicted octanol–water partition coefficient (Wildman–Crippen LogP) is 2.54. The molecule has 132 valence electrons. The van der Waals surface area contributed by atoms with E-state index in [1.807, 2.05) is 12.1 Å². The van der Waals surface area contributed by atoms with E-state index in [2.05, 4.69) is 38.5 Å². The summed E-state index contributed by atoms with van der Waals surface area (Å²) >= 11 is 3.51. The van der Waals surface area contributed by atoms with E-state index < -0.39 is 0 Å². The fraction of sp³-hybridized carbons (Fsp3) is 0.588. The van der Waals surface area contributed by atoms with Gasteiger partial charge in [0.25, 0.3) is 0 Å². The summed E-state index contributed by atoms with van der Waals surface area (Å²) < 4.78 is 11.7. The average Bonchev–Trinajstić information content (AvgIpc) is 3.04. The van der Waals surface area contributed by atoms with Gasteiger partial charge in [-0.2, -0.15) is 0 Å². The average molecular weight is 398 g/mol. The molecule has 0 radical (unpaired) electrons. The number of guanidine groups is 1. The van der Waals surface area contributed by atoms with Crippen molar-refractivity contribution in [1.29, 1.82) is 0 Å². The number of aliphatic imine (C=N–C) groups is 1. The molecule has 0 unspecified atom stereocenters. The summed E-state index contributed by atoms with van der Waals surface area (Å²) in [5.74, 6) is 2.33. The van der Waals surface area contributed by atoms with Crippen LogP contribution in [0.15, 0.2) is 21.6 Å². The minimum absolute atomic E-state index is 0.145. The van der Waals surface area contributed by atoms with Crippen LogP contribution in [0.4, 0.5) is 0 Å². The molecule has 1 aromatic carbocycles. The third kappa shape index (κ3) is 4.33. The molecule has 1 heterocycles. The standard InChI is InChI=1S/C17H24BrN3O3/c1-2-19-17(21-12-3-5-13(22)6-4-12)20-9-11-7-14(18)16-15(8-11)23-10-24-16/h7-8,12-13,22H,2-6,9-10H2,1H3,(H2,19,20,21). The van der Waals surface area contributed by atoms with Crippen molar-refractivity contribution in [2.45, 2.75) is 51.3 Å². The highest BCUT2D eigenvalue weighted by atomic mass is 79.9. The Morgan fingerprint density at radius 2 is 2.08 bits per heavy atom. The van der Waals surface area contributed by atoms with Crippen LogP contribution in [0.1, 0.15) is 38.2 Å². The molecule has 1 aromatic rings. The second kappa shape index (κ2) is 8.07. The molecule has 24 heavy (non-hydrogen) atoms. The van der Waals surface area contributed by atoms with Gasteiger partial charge in [0.05, 0.1) is 17.1 Å². The van der Waals surface area contributed by atoms with Crippen molar-refractivity contribution in [2.75, 3.05) is 13.3 Å². The van der Waals surface area contributed by atoms with Crippen LogP contribution in [0.5, 0.6) is 11.5 Å². The van der Waals surface area contributed by atoms with Crippen LogP contribution in [0.25, 0.3) is 0 Å². The zero-order chi connectivity index (χ0) is 16.9. The van der Waals surface area contributed by atoms with E-state index in [0.717, 1.165) is 59.7 Å². The van der Waals surface area contributed by atoms with E-state index in [0.29, 0.717) is 12.6 Å². The van der Waals surface area contributed by atoms with Crippen molar-refractivity contribution in [3.05, 3.63) is 22.2 Å². The van der Waals surface area contributed by atoms with Gasteiger partial charge in [0.1, 0.15) is 0 Å². The molecule has 0 aromatic heterocycles. The largest absolute Gasteiger partial charge is 0.454 e. The van der Waals surface area contributed by atoms with Gasteiger partial charge in [0, 0.05) is 12.6 Å². The third-order valence-corrected chi connectivity index (χ3v) is 4.88. The molecule has 3 rings (SSSR count). The van der Waals surface area contributed by atoms with Gasteiger partial charge in [0.15, 0.2) is 17.5 Å². The van der Waals surface area contributed by atoms with E-state index in [1.165, 1.54) is 0 Å². The Labute approximate surface area is 150 Å². The summed E-state index contributed by atoms with van der Waals surface area (Å²) in [5.41, 5.74) is 1.06. The van der Waals surface area contributed by atoms with Crippen LogP contribution in [0.3, 0.4) is 0 Å². The van der Waals surface area contributed by atoms with Crippen molar-refractivity contribution in [2.24, 2.45) is 4.99 Å². The Balaban J connectivity index is 1.64. The number of halogens is 1. The summed E-state index contributed by atoms with van der Waals surface area (Å²) in [6.07, 6.45) is 3.51. The number of fused-ring (bicyclic) bond motifs is 1. The van der Waals surface area contributed by atoms with E-state index in [9.17, 15) is 5.11 Å². The first-order valence-corrected chi connectivity index (χ1v) is 9.26. The van der Waals surface area contributed by atoms with Crippen molar-refractivity contribution in [1.82, 2.24) is 10.6 Å². The SMILES string of the molecule is CCNC(=NCc1cc(Br)c2c(c1)OCO2)NC1CCC(O)CC1. The van der Waals surface area contributed by atoms with E-state index in [4.69, 9.17) is 9.47 Å². The number of aliphatic hydroxyl groups is 1. The fourth-order valence-corrected chi connectivity index (χ4v) is 3.62. The normalized spacial score (nSPS) is 23.2. The molecule has 0 saturated heterocycles. The zero-order valence-electron chi connectivity index (χ0n) is 13.8. The number of hydrogen-bond acceptors (Lipinski definition) is 4. The smallest absolute Gasteiger partial charge is 0.231 e. The predicted molar refractivity (Wildman–Crippen MR) is 96.5 cm³/mol. The Hall–Kier alpha value is -1.47. The molecule has 3 N–H and O–H groups in total. The summed E-state index contributed by atoms with van der Waals surface area (Å²) in [6.45, 7) is 3.68. The zero-order valence-corrected chi connectivity index (χ0v) is 15.4. The lowest BCUT2D eigenvalue weighted by Gasteiger charge is -2.27. The second-order valence-electron chi connectivity index (χ2n) is 6.16. The maximum absolute atomic E-state index is 9.62. The van der Waals surface area contributed by atoms with E-state index in [-0.39, 0.29) is 12.9 Å². The minimum Gasteiger partial charge on any atom is -0.454 e. The Bertz CT molecular complexity index is 601. The molecule has 1 saturated carbocycles. The van der Waals surface area contributed by atoms with Gasteiger partial charge in [-0.3, -0.25) is 0 Å². The molecule has 1 fully saturated rings. The highest BCUT2D eigenvalue weighted by molar-refractivity contribution is 9.10. The first-order chi connectivity index (χ1) is 11.7. The topological polar surface area (TPSA) is 75.1 Å². The van der Waals surface area contributed by atoms with Crippen LogP contribution in [-0.2, 0) is 6.54 Å². The first-order valence-electron chi connectivity index (χ1n) is 8.46. The molecule has 2 aliphatic rings. The number of nitrogens with zero attached hydrogens (tertiary/aromatic N) is 1. The van der Waals surface area contributed by atoms with Gasteiger partial charge < -0.3 is 25.2 Å². The number of aliphatic hydroxyl groups excluding tert-OH is 1. The third-order valence-electron chi connectivity index (χ3n) is 4.29. The first kappa shape index (κ1) is 17.4. The highest BCUT2D eigenvalue weighted by Crippen LogP contribution is 2.40. The van der Waals surface area contributed by atoms with Gasteiger partial charge in [-0.05, 0) is 66.2 Å². The Morgan fingerprint density at radius 1 is 1.29 bits per heavy atom. The quantitative estimate of drug-likeness (QED) is 0.537. The van der Waals surface area contributed by atoms with Crippen molar-refractivity contribution in [3.8, 4) is 11.5 Å². The van der Waals surface area contributed by atoms with Gasteiger partial charge >= 0.3 is 0 Å². The summed E-state index contributed by atoms with van der Waals surface area (Å²) in [5, 5.41) is 16.4. The Kier molecular flexibility index (Phi) is 5.84. The maximum Gasteiger partial charge on any atom is 0.231 e. The number of nitrogens with one attached hydrogen (secondary N) is 2. The van der Waals surface area contributed by atoms with Crippen LogP contribution in [-0.4, -0.2) is 36.5 Å². The van der Waals surface area contributed by atoms with Crippen LogP contribution >= 0.6 is 15.9 Å². The molecular weight excluding hydrogens is 374 g/mol. The van der Waals surface area contributed by atoms with Crippen molar-refractivity contribution < 1.29 is 14.6 Å². The summed E-state index contributed by atoms with van der Waals surface area (Å²) in [6, 6.07) is 4.35. The molecule has 7 heteroatoms. The van der Waals surface area contributed by atoms with Crippen molar-refractivity contribution in [3.63, 3.8) is 0 Å². The molecule has 6 nitrogen and oxygen atoms in total. The number of hydrogen-bond donors (Lipinski definition) is 3. The van der Waals surface area contributed by atoms with E-state index in [1.54, 1.807) is 0 Å². The van der Waals surface area contributed by atoms with Crippen LogP contribution in [0.2, 0.25) is 0 Å². The number of ether oxygens (including phenoxy) is 2. The van der Waals surface area contributed by atoms with Gasteiger partial charge in [-0.15, -0.1) is 0 Å². The molecule has 0 spiro atoms. The monoisotopic (exact) mass is 397 g/mol. The van der Waals surface area contributed by atoms with Crippen molar-refractivity contribution >= 4 is 21.9 Å². The second-order valence-corrected chi connectivity index (χ2v) is 7.01. The summed E-state index contributed by atoms with van der Waals surface area (Å²) in [4.78, 5) is 4.68. The molecule has 1 aliphatic carbocycles. The van der Waals surface area contributed by atoms with Gasteiger partial charge in [-0.1, -0.05) is 0 Å². The maximum atomic E-state index is 9.62. The van der Waals surface area contributed by atoms with E-state index >= 15 is 0 Å². The molecule has 0 bridgehead atoms. The number of rotatable bonds is 4. The highest BCUT2D eigenvalue weighted by Gasteiger charge is 2.20. The number of benzene rings is 1. The lowest BCUT2D eigenvalue weighted by molar-refractivity contribution is 0.120. The lowest BCUT2D eigenvalue weighted by atomic mass is 9.93. The summed E-state index contributed by atoms with van der Waals surface area (Å²) in [7, 11) is 0.